The first kappa shape index (κ1) is 13.1. The Morgan fingerprint density at radius 2 is 2.25 bits per heavy atom. The molecule has 0 amide bonds. The van der Waals surface area contributed by atoms with E-state index in [0.29, 0.717) is 6.61 Å². The summed E-state index contributed by atoms with van der Waals surface area (Å²) in [5.74, 6) is 0.801. The van der Waals surface area contributed by atoms with Gasteiger partial charge in [-0.3, -0.25) is 4.98 Å². The molecule has 1 aromatic carbocycles. The lowest BCUT2D eigenvalue weighted by molar-refractivity contribution is 0.156. The van der Waals surface area contributed by atoms with Crippen LogP contribution < -0.4 is 4.74 Å². The van der Waals surface area contributed by atoms with E-state index in [4.69, 9.17) is 4.74 Å². The fourth-order valence-electron chi connectivity index (χ4n) is 2.66. The summed E-state index contributed by atoms with van der Waals surface area (Å²) < 4.78 is 5.81. The van der Waals surface area contributed by atoms with Crippen LogP contribution in [0.5, 0.6) is 5.75 Å². The zero-order valence-electron chi connectivity index (χ0n) is 11.7. The summed E-state index contributed by atoms with van der Waals surface area (Å²) in [5, 5.41) is 10.0. The molecule has 3 rings (SSSR count). The van der Waals surface area contributed by atoms with E-state index < -0.39 is 0 Å². The van der Waals surface area contributed by atoms with Gasteiger partial charge in [-0.2, -0.15) is 0 Å². The van der Waals surface area contributed by atoms with Gasteiger partial charge in [0.2, 0.25) is 0 Å². The summed E-state index contributed by atoms with van der Waals surface area (Å²) in [4.78, 5) is 4.32. The van der Waals surface area contributed by atoms with Crippen LogP contribution in [0.25, 0.3) is 0 Å². The van der Waals surface area contributed by atoms with Crippen molar-refractivity contribution in [3.63, 3.8) is 0 Å². The molecule has 1 N–H and O–H groups in total. The molecular weight excluding hydrogens is 250 g/mol. The molecule has 3 nitrogen and oxygen atoms in total. The molecule has 0 radical (unpaired) electrons. The summed E-state index contributed by atoms with van der Waals surface area (Å²) in [6.45, 7) is 2.49. The van der Waals surface area contributed by atoms with Crippen LogP contribution in [0.4, 0.5) is 0 Å². The van der Waals surface area contributed by atoms with Crippen molar-refractivity contribution >= 4 is 0 Å². The third-order valence-electron chi connectivity index (χ3n) is 3.89. The molecule has 1 aromatic heterocycles. The van der Waals surface area contributed by atoms with Gasteiger partial charge in [-0.15, -0.1) is 0 Å². The van der Waals surface area contributed by atoms with Crippen LogP contribution in [0.2, 0.25) is 0 Å². The highest BCUT2D eigenvalue weighted by molar-refractivity contribution is 5.38. The third-order valence-corrected chi connectivity index (χ3v) is 3.89. The smallest absolute Gasteiger partial charge is 0.130 e. The minimum absolute atomic E-state index is 0.348. The highest BCUT2D eigenvalue weighted by atomic mass is 16.5. The van der Waals surface area contributed by atoms with Crippen molar-refractivity contribution in [2.45, 2.75) is 38.9 Å². The third kappa shape index (κ3) is 2.68. The first-order valence-corrected chi connectivity index (χ1v) is 7.08. The topological polar surface area (TPSA) is 42.4 Å². The monoisotopic (exact) mass is 269 g/mol. The molecule has 2 aromatic rings. The number of ether oxygens (including phenoxy) is 1. The second-order valence-corrected chi connectivity index (χ2v) is 5.32. The molecule has 20 heavy (non-hydrogen) atoms. The average molecular weight is 269 g/mol. The van der Waals surface area contributed by atoms with Gasteiger partial charge in [0.05, 0.1) is 11.8 Å². The Morgan fingerprint density at radius 3 is 3.10 bits per heavy atom. The minimum atomic E-state index is -0.348. The van der Waals surface area contributed by atoms with E-state index in [1.165, 1.54) is 5.56 Å². The largest absolute Gasteiger partial charge is 0.487 e. The van der Waals surface area contributed by atoms with Gasteiger partial charge in [0.15, 0.2) is 0 Å². The molecule has 0 aliphatic heterocycles. The average Bonchev–Trinajstić information content (AvgIpc) is 2.47. The normalized spacial score (nSPS) is 17.6. The fourth-order valence-corrected chi connectivity index (χ4v) is 2.66. The summed E-state index contributed by atoms with van der Waals surface area (Å²) in [7, 11) is 0. The van der Waals surface area contributed by atoms with Crippen molar-refractivity contribution < 1.29 is 9.84 Å². The van der Waals surface area contributed by atoms with Gasteiger partial charge in [-0.1, -0.05) is 12.1 Å². The summed E-state index contributed by atoms with van der Waals surface area (Å²) in [6.07, 6.45) is 4.38. The predicted octanol–water partition coefficient (Wildman–Crippen LogP) is 3.34. The maximum Gasteiger partial charge on any atom is 0.130 e. The molecule has 1 aliphatic carbocycles. The van der Waals surface area contributed by atoms with E-state index in [1.807, 2.05) is 31.2 Å². The molecule has 0 spiro atoms. The Kier molecular flexibility index (Phi) is 3.70. The molecule has 1 aliphatic rings. The van der Waals surface area contributed by atoms with Crippen molar-refractivity contribution in [2.75, 3.05) is 0 Å². The molecule has 3 heteroatoms. The molecule has 1 heterocycles. The van der Waals surface area contributed by atoms with E-state index in [2.05, 4.69) is 11.1 Å². The lowest BCUT2D eigenvalue weighted by Crippen LogP contribution is -2.09. The number of rotatable bonds is 3. The number of benzene rings is 1. The molecule has 0 bridgehead atoms. The molecule has 0 saturated carbocycles. The number of aliphatic hydroxyl groups excluding tert-OH is 1. The quantitative estimate of drug-likeness (QED) is 0.929. The highest BCUT2D eigenvalue weighted by Gasteiger charge is 2.18. The van der Waals surface area contributed by atoms with Crippen LogP contribution in [0.3, 0.4) is 0 Å². The Bertz CT molecular complexity index is 610. The molecule has 0 fully saturated rings. The predicted molar refractivity (Wildman–Crippen MR) is 77.6 cm³/mol. The van der Waals surface area contributed by atoms with Crippen molar-refractivity contribution in [2.24, 2.45) is 0 Å². The van der Waals surface area contributed by atoms with Gasteiger partial charge in [-0.25, -0.2) is 0 Å². The number of hydrogen-bond acceptors (Lipinski definition) is 3. The number of pyridine rings is 1. The number of fused-ring (bicyclic) bond motifs is 1. The van der Waals surface area contributed by atoms with Crippen molar-refractivity contribution in [1.82, 2.24) is 4.98 Å². The molecule has 104 valence electrons. The van der Waals surface area contributed by atoms with Crippen molar-refractivity contribution in [3.05, 3.63) is 58.9 Å². The Hall–Kier alpha value is -1.87. The zero-order chi connectivity index (χ0) is 13.9. The van der Waals surface area contributed by atoms with Crippen molar-refractivity contribution in [1.29, 1.82) is 0 Å². The van der Waals surface area contributed by atoms with Crippen LogP contribution in [0, 0.1) is 6.92 Å². The standard InChI is InChI=1S/C17H19NO2/c1-12-4-3-9-18-16(12)11-20-14-8-7-13-5-2-6-17(19)15(13)10-14/h3-4,7-10,17,19H,2,5-6,11H2,1H3/t17-/m0/s1. The van der Waals surface area contributed by atoms with E-state index in [1.54, 1.807) is 6.20 Å². The van der Waals surface area contributed by atoms with Gasteiger partial charge in [0, 0.05) is 6.20 Å². The Balaban J connectivity index is 1.75. The first-order chi connectivity index (χ1) is 9.74. The number of aromatic nitrogens is 1. The highest BCUT2D eigenvalue weighted by Crippen LogP contribution is 2.32. The summed E-state index contributed by atoms with van der Waals surface area (Å²) >= 11 is 0. The first-order valence-electron chi connectivity index (χ1n) is 7.08. The maximum absolute atomic E-state index is 10.0. The van der Waals surface area contributed by atoms with Crippen LogP contribution >= 0.6 is 0 Å². The number of aryl methyl sites for hydroxylation is 2. The number of nitrogens with zero attached hydrogens (tertiary/aromatic N) is 1. The lowest BCUT2D eigenvalue weighted by atomic mass is 9.89. The Morgan fingerprint density at radius 1 is 1.35 bits per heavy atom. The summed E-state index contributed by atoms with van der Waals surface area (Å²) in [6, 6.07) is 9.97. The molecular formula is C17H19NO2. The fraction of sp³-hybridized carbons (Fsp3) is 0.353. The second kappa shape index (κ2) is 5.63. The number of aliphatic hydroxyl groups is 1. The van der Waals surface area contributed by atoms with Crippen LogP contribution in [0.1, 0.15) is 41.3 Å². The van der Waals surface area contributed by atoms with E-state index >= 15 is 0 Å². The SMILES string of the molecule is Cc1cccnc1COc1ccc2c(c1)[C@@H](O)CCC2. The minimum Gasteiger partial charge on any atom is -0.487 e. The van der Waals surface area contributed by atoms with Crippen molar-refractivity contribution in [3.8, 4) is 5.75 Å². The summed E-state index contributed by atoms with van der Waals surface area (Å²) in [5.41, 5.74) is 4.34. The van der Waals surface area contributed by atoms with Crippen LogP contribution in [-0.2, 0) is 13.0 Å². The van der Waals surface area contributed by atoms with E-state index in [0.717, 1.165) is 41.8 Å². The van der Waals surface area contributed by atoms with Crippen LogP contribution in [0.15, 0.2) is 36.5 Å². The van der Waals surface area contributed by atoms with Gasteiger partial charge in [0.25, 0.3) is 0 Å². The van der Waals surface area contributed by atoms with E-state index in [9.17, 15) is 5.11 Å². The number of hydrogen-bond donors (Lipinski definition) is 1. The van der Waals surface area contributed by atoms with Gasteiger partial charge < -0.3 is 9.84 Å². The van der Waals surface area contributed by atoms with Crippen LogP contribution in [-0.4, -0.2) is 10.1 Å². The Labute approximate surface area is 119 Å². The second-order valence-electron chi connectivity index (χ2n) is 5.32. The van der Waals surface area contributed by atoms with Gasteiger partial charge in [-0.05, 0) is 61.1 Å². The lowest BCUT2D eigenvalue weighted by Gasteiger charge is -2.22. The molecule has 0 unspecified atom stereocenters. The van der Waals surface area contributed by atoms with Gasteiger partial charge in [0.1, 0.15) is 12.4 Å². The maximum atomic E-state index is 10.0. The van der Waals surface area contributed by atoms with Gasteiger partial charge >= 0.3 is 0 Å². The van der Waals surface area contributed by atoms with E-state index in [-0.39, 0.29) is 6.10 Å². The zero-order valence-corrected chi connectivity index (χ0v) is 11.7. The molecule has 0 saturated heterocycles. The molecule has 1 atom stereocenters.